The van der Waals surface area contributed by atoms with Crippen molar-refractivity contribution < 1.29 is 4.42 Å². The molecule has 0 radical (unpaired) electrons. The number of hydrogen-bond donors (Lipinski definition) is 0. The molecule has 0 fully saturated rings. The summed E-state index contributed by atoms with van der Waals surface area (Å²) < 4.78 is 10.0. The average Bonchev–Trinajstić information content (AvgIpc) is 3.14. The summed E-state index contributed by atoms with van der Waals surface area (Å²) >= 11 is 0. The van der Waals surface area contributed by atoms with Gasteiger partial charge in [-0.15, -0.1) is 0 Å². The summed E-state index contributed by atoms with van der Waals surface area (Å²) in [5.41, 5.74) is 2.05. The normalized spacial score (nSPS) is 11.7. The minimum Gasteiger partial charge on any atom is -0.428 e. The SMILES string of the molecule is Cc1oc2nc3c(c(=O)n(CCCc4ccccc4)c(=O)n3C)n2c1C. The van der Waals surface area contributed by atoms with E-state index < -0.39 is 0 Å². The van der Waals surface area contributed by atoms with Crippen LogP contribution in [0.25, 0.3) is 17.0 Å². The van der Waals surface area contributed by atoms with E-state index in [0.29, 0.717) is 35.7 Å². The van der Waals surface area contributed by atoms with Gasteiger partial charge in [-0.25, -0.2) is 4.79 Å². The molecule has 0 aliphatic carbocycles. The number of aryl methyl sites for hydroxylation is 4. The highest BCUT2D eigenvalue weighted by molar-refractivity contribution is 5.75. The van der Waals surface area contributed by atoms with Crippen molar-refractivity contribution in [2.24, 2.45) is 7.05 Å². The third-order valence-electron chi connectivity index (χ3n) is 4.89. The maximum Gasteiger partial charge on any atom is 0.332 e. The zero-order chi connectivity index (χ0) is 18.4. The highest BCUT2D eigenvalue weighted by atomic mass is 16.4. The van der Waals surface area contributed by atoms with Gasteiger partial charge in [0.1, 0.15) is 5.76 Å². The van der Waals surface area contributed by atoms with E-state index in [1.54, 1.807) is 11.4 Å². The van der Waals surface area contributed by atoms with Gasteiger partial charge in [0.25, 0.3) is 5.56 Å². The second-order valence-corrected chi connectivity index (χ2v) is 6.53. The lowest BCUT2D eigenvalue weighted by molar-refractivity contribution is 0.560. The van der Waals surface area contributed by atoms with E-state index in [4.69, 9.17) is 4.42 Å². The number of rotatable bonds is 4. The number of benzene rings is 1. The van der Waals surface area contributed by atoms with Crippen LogP contribution in [-0.2, 0) is 20.0 Å². The van der Waals surface area contributed by atoms with E-state index in [9.17, 15) is 9.59 Å². The third-order valence-corrected chi connectivity index (χ3v) is 4.89. The molecule has 3 heterocycles. The number of hydrogen-bond acceptors (Lipinski definition) is 4. The Kier molecular flexibility index (Phi) is 3.79. The largest absolute Gasteiger partial charge is 0.428 e. The van der Waals surface area contributed by atoms with Crippen LogP contribution in [0.4, 0.5) is 0 Å². The van der Waals surface area contributed by atoms with Crippen molar-refractivity contribution in [3.63, 3.8) is 0 Å². The van der Waals surface area contributed by atoms with Crippen LogP contribution in [0, 0.1) is 13.8 Å². The van der Waals surface area contributed by atoms with Gasteiger partial charge in [-0.2, -0.15) is 4.98 Å². The van der Waals surface area contributed by atoms with Gasteiger partial charge in [0.2, 0.25) is 0 Å². The molecule has 0 bridgehead atoms. The van der Waals surface area contributed by atoms with Gasteiger partial charge >= 0.3 is 11.5 Å². The summed E-state index contributed by atoms with van der Waals surface area (Å²) in [4.78, 5) is 30.0. The Hall–Kier alpha value is -3.09. The van der Waals surface area contributed by atoms with Crippen molar-refractivity contribution in [2.75, 3.05) is 0 Å². The van der Waals surface area contributed by atoms with Crippen LogP contribution in [0.2, 0.25) is 0 Å². The fraction of sp³-hybridized carbons (Fsp3) is 0.316. The second kappa shape index (κ2) is 6.01. The fourth-order valence-electron chi connectivity index (χ4n) is 3.33. The van der Waals surface area contributed by atoms with E-state index >= 15 is 0 Å². The van der Waals surface area contributed by atoms with E-state index in [1.165, 1.54) is 14.7 Å². The highest BCUT2D eigenvalue weighted by Crippen LogP contribution is 2.19. The van der Waals surface area contributed by atoms with E-state index in [2.05, 4.69) is 4.98 Å². The molecule has 0 aliphatic rings. The van der Waals surface area contributed by atoms with Gasteiger partial charge in [0, 0.05) is 13.6 Å². The lowest BCUT2D eigenvalue weighted by Crippen LogP contribution is -2.39. The molecule has 0 N–H and O–H groups in total. The van der Waals surface area contributed by atoms with Crippen LogP contribution in [0.3, 0.4) is 0 Å². The third kappa shape index (κ3) is 2.39. The van der Waals surface area contributed by atoms with Gasteiger partial charge in [-0.1, -0.05) is 30.3 Å². The van der Waals surface area contributed by atoms with Crippen molar-refractivity contribution in [3.05, 3.63) is 68.2 Å². The summed E-state index contributed by atoms with van der Waals surface area (Å²) in [7, 11) is 1.63. The molecule has 0 aliphatic heterocycles. The van der Waals surface area contributed by atoms with Crippen LogP contribution in [0.1, 0.15) is 23.4 Å². The van der Waals surface area contributed by atoms with Gasteiger partial charge < -0.3 is 4.42 Å². The molecule has 7 heteroatoms. The molecule has 0 saturated carbocycles. The van der Waals surface area contributed by atoms with Crippen molar-refractivity contribution in [2.45, 2.75) is 33.2 Å². The monoisotopic (exact) mass is 352 g/mol. The van der Waals surface area contributed by atoms with Crippen molar-refractivity contribution in [1.29, 1.82) is 0 Å². The minimum absolute atomic E-state index is 0.326. The molecule has 0 atom stereocenters. The maximum absolute atomic E-state index is 13.0. The van der Waals surface area contributed by atoms with E-state index in [1.807, 2.05) is 44.2 Å². The van der Waals surface area contributed by atoms with E-state index in [-0.39, 0.29) is 11.2 Å². The first-order valence-electron chi connectivity index (χ1n) is 8.61. The first kappa shape index (κ1) is 16.4. The molecule has 0 unspecified atom stereocenters. The predicted octanol–water partition coefficient (Wildman–Crippen LogP) is 2.19. The summed E-state index contributed by atoms with van der Waals surface area (Å²) in [6, 6.07) is 10.0. The average molecular weight is 352 g/mol. The quantitative estimate of drug-likeness (QED) is 0.564. The topological polar surface area (TPSA) is 74.4 Å². The Balaban J connectivity index is 1.80. The van der Waals surface area contributed by atoms with E-state index in [0.717, 1.165) is 12.1 Å². The molecule has 1 aromatic carbocycles. The maximum atomic E-state index is 13.0. The standard InChI is InChI=1S/C19H20N4O3/c1-12-13(2)26-18-20-16-15(23(12)18)17(24)22(19(25)21(16)3)11-7-10-14-8-5-4-6-9-14/h4-6,8-9H,7,10-11H2,1-3H3. The molecular weight excluding hydrogens is 332 g/mol. The van der Waals surface area contributed by atoms with Crippen molar-refractivity contribution >= 4 is 17.0 Å². The fourth-order valence-corrected chi connectivity index (χ4v) is 3.33. The Morgan fingerprint density at radius 2 is 1.85 bits per heavy atom. The van der Waals surface area contributed by atoms with Gasteiger partial charge in [-0.05, 0) is 32.3 Å². The van der Waals surface area contributed by atoms with Crippen LogP contribution < -0.4 is 11.2 Å². The lowest BCUT2D eigenvalue weighted by Gasteiger charge is -2.08. The summed E-state index contributed by atoms with van der Waals surface area (Å²) in [6.45, 7) is 4.06. The Labute approximate surface area is 149 Å². The van der Waals surface area contributed by atoms with Crippen LogP contribution >= 0.6 is 0 Å². The van der Waals surface area contributed by atoms with Gasteiger partial charge in [0.05, 0.1) is 5.69 Å². The first-order valence-corrected chi connectivity index (χ1v) is 8.61. The van der Waals surface area contributed by atoms with Gasteiger partial charge in [-0.3, -0.25) is 18.3 Å². The molecule has 0 spiro atoms. The molecule has 4 aromatic rings. The van der Waals surface area contributed by atoms with Crippen molar-refractivity contribution in [3.8, 4) is 0 Å². The summed E-state index contributed by atoms with van der Waals surface area (Å²) in [5, 5.41) is 0. The lowest BCUT2D eigenvalue weighted by atomic mass is 10.1. The van der Waals surface area contributed by atoms with Crippen LogP contribution in [-0.4, -0.2) is 18.5 Å². The first-order chi connectivity index (χ1) is 12.5. The molecule has 0 amide bonds. The molecule has 134 valence electrons. The highest BCUT2D eigenvalue weighted by Gasteiger charge is 2.20. The zero-order valence-corrected chi connectivity index (χ0v) is 15.0. The number of oxazole rings is 1. The second-order valence-electron chi connectivity index (χ2n) is 6.53. The molecule has 7 nitrogen and oxygen atoms in total. The molecule has 26 heavy (non-hydrogen) atoms. The molecule has 4 rings (SSSR count). The Bertz CT molecular complexity index is 1230. The number of aromatic nitrogens is 4. The number of fused-ring (bicyclic) bond motifs is 3. The minimum atomic E-state index is -0.356. The van der Waals surface area contributed by atoms with Crippen LogP contribution in [0.15, 0.2) is 44.3 Å². The molecular formula is C19H20N4O3. The Morgan fingerprint density at radius 1 is 1.12 bits per heavy atom. The Morgan fingerprint density at radius 3 is 2.58 bits per heavy atom. The van der Waals surface area contributed by atoms with Crippen LogP contribution in [0.5, 0.6) is 0 Å². The summed E-state index contributed by atoms with van der Waals surface area (Å²) in [5.74, 6) is 1.04. The number of nitrogens with zero attached hydrogens (tertiary/aromatic N) is 4. The summed E-state index contributed by atoms with van der Waals surface area (Å²) in [6.07, 6.45) is 1.51. The number of imidazole rings is 1. The van der Waals surface area contributed by atoms with Gasteiger partial charge in [0.15, 0.2) is 11.2 Å². The van der Waals surface area contributed by atoms with Crippen molar-refractivity contribution in [1.82, 2.24) is 18.5 Å². The molecule has 0 saturated heterocycles. The zero-order valence-electron chi connectivity index (χ0n) is 15.0. The molecule has 3 aromatic heterocycles. The smallest absolute Gasteiger partial charge is 0.332 e. The predicted molar refractivity (Wildman–Crippen MR) is 98.7 cm³/mol.